The van der Waals surface area contributed by atoms with Crippen molar-refractivity contribution in [3.63, 3.8) is 0 Å². The van der Waals surface area contributed by atoms with E-state index in [1.165, 1.54) is 14.2 Å². The molecular formula is C19H21NO5. The van der Waals surface area contributed by atoms with E-state index in [1.54, 1.807) is 18.2 Å². The molecular weight excluding hydrogens is 322 g/mol. The van der Waals surface area contributed by atoms with Gasteiger partial charge in [-0.15, -0.1) is 0 Å². The molecule has 1 N–H and O–H groups in total. The topological polar surface area (TPSA) is 73.9 Å². The number of amides is 1. The van der Waals surface area contributed by atoms with Crippen LogP contribution in [0.3, 0.4) is 0 Å². The van der Waals surface area contributed by atoms with E-state index in [9.17, 15) is 9.59 Å². The smallest absolute Gasteiger partial charge is 0.346 e. The van der Waals surface area contributed by atoms with E-state index in [1.807, 2.05) is 37.3 Å². The number of benzene rings is 2. The Morgan fingerprint density at radius 1 is 0.960 bits per heavy atom. The van der Waals surface area contributed by atoms with Crippen LogP contribution in [0, 0.1) is 0 Å². The summed E-state index contributed by atoms with van der Waals surface area (Å²) in [5, 5.41) is 2.78. The Morgan fingerprint density at radius 2 is 1.56 bits per heavy atom. The second-order valence-corrected chi connectivity index (χ2v) is 5.31. The summed E-state index contributed by atoms with van der Waals surface area (Å²) in [7, 11) is 2.89. The Kier molecular flexibility index (Phi) is 6.39. The van der Waals surface area contributed by atoms with Crippen LogP contribution in [-0.4, -0.2) is 32.7 Å². The average molecular weight is 343 g/mol. The molecule has 0 spiro atoms. The molecule has 0 saturated heterocycles. The number of ether oxygens (including phenoxy) is 3. The summed E-state index contributed by atoms with van der Waals surface area (Å²) >= 11 is 0. The van der Waals surface area contributed by atoms with E-state index in [-0.39, 0.29) is 11.6 Å². The Morgan fingerprint density at radius 3 is 2.12 bits per heavy atom. The summed E-state index contributed by atoms with van der Waals surface area (Å²) in [5.74, 6) is -0.430. The second-order valence-electron chi connectivity index (χ2n) is 5.31. The molecule has 2 rings (SSSR count). The largest absolute Gasteiger partial charge is 0.496 e. The van der Waals surface area contributed by atoms with Gasteiger partial charge in [-0.05, 0) is 24.6 Å². The summed E-state index contributed by atoms with van der Waals surface area (Å²) in [5.41, 5.74) is 1.12. The first-order chi connectivity index (χ1) is 12.1. The number of hydrogen-bond donors (Lipinski definition) is 1. The lowest BCUT2D eigenvalue weighted by Gasteiger charge is -2.15. The standard InChI is InChI=1S/C19H21NO5/c1-13(14-8-5-4-6-9-14)20-17(21)12-25-19(22)18-15(23-2)10-7-11-16(18)24-3/h4-11,13H,12H2,1-3H3,(H,20,21)/t13-/m1/s1. The van der Waals surface area contributed by atoms with E-state index >= 15 is 0 Å². The van der Waals surface area contributed by atoms with E-state index in [0.29, 0.717) is 11.5 Å². The van der Waals surface area contributed by atoms with Crippen molar-refractivity contribution in [3.05, 3.63) is 59.7 Å². The third kappa shape index (κ3) is 4.73. The molecule has 2 aromatic carbocycles. The van der Waals surface area contributed by atoms with Gasteiger partial charge < -0.3 is 19.5 Å². The molecule has 2 aromatic rings. The van der Waals surface area contributed by atoms with E-state index < -0.39 is 18.5 Å². The zero-order valence-corrected chi connectivity index (χ0v) is 14.4. The molecule has 0 radical (unpaired) electrons. The van der Waals surface area contributed by atoms with Gasteiger partial charge in [-0.3, -0.25) is 4.79 Å². The fourth-order valence-electron chi connectivity index (χ4n) is 2.36. The fraction of sp³-hybridized carbons (Fsp3) is 0.263. The van der Waals surface area contributed by atoms with Crippen LogP contribution in [0.5, 0.6) is 11.5 Å². The zero-order valence-electron chi connectivity index (χ0n) is 14.4. The molecule has 1 atom stereocenters. The minimum Gasteiger partial charge on any atom is -0.496 e. The molecule has 1 amide bonds. The van der Waals surface area contributed by atoms with Gasteiger partial charge >= 0.3 is 5.97 Å². The Hall–Kier alpha value is -3.02. The maximum absolute atomic E-state index is 12.3. The number of hydrogen-bond acceptors (Lipinski definition) is 5. The first kappa shape index (κ1) is 18.3. The maximum atomic E-state index is 12.3. The molecule has 6 nitrogen and oxygen atoms in total. The summed E-state index contributed by atoms with van der Waals surface area (Å²) in [6.07, 6.45) is 0. The van der Waals surface area contributed by atoms with Gasteiger partial charge in [0.1, 0.15) is 17.1 Å². The highest BCUT2D eigenvalue weighted by molar-refractivity contribution is 5.96. The Balaban J connectivity index is 1.97. The van der Waals surface area contributed by atoms with Gasteiger partial charge in [-0.1, -0.05) is 36.4 Å². The molecule has 0 bridgehead atoms. The van der Waals surface area contributed by atoms with Crippen molar-refractivity contribution in [3.8, 4) is 11.5 Å². The number of rotatable bonds is 7. The number of methoxy groups -OCH3 is 2. The lowest BCUT2D eigenvalue weighted by atomic mass is 10.1. The number of carbonyl (C=O) groups excluding carboxylic acids is 2. The van der Waals surface area contributed by atoms with Crippen LogP contribution in [0.15, 0.2) is 48.5 Å². The van der Waals surface area contributed by atoms with Crippen LogP contribution in [0.1, 0.15) is 28.9 Å². The van der Waals surface area contributed by atoms with Gasteiger partial charge in [0.25, 0.3) is 5.91 Å². The predicted octanol–water partition coefficient (Wildman–Crippen LogP) is 2.74. The van der Waals surface area contributed by atoms with E-state index in [2.05, 4.69) is 5.32 Å². The van der Waals surface area contributed by atoms with E-state index in [4.69, 9.17) is 14.2 Å². The number of esters is 1. The molecule has 0 heterocycles. The first-order valence-corrected chi connectivity index (χ1v) is 7.79. The molecule has 6 heteroatoms. The van der Waals surface area contributed by atoms with Gasteiger partial charge in [0.15, 0.2) is 6.61 Å². The highest BCUT2D eigenvalue weighted by Crippen LogP contribution is 2.28. The van der Waals surface area contributed by atoms with Gasteiger partial charge in [0.2, 0.25) is 0 Å². The Labute approximate surface area is 146 Å². The number of carbonyl (C=O) groups is 2. The minimum atomic E-state index is -0.684. The van der Waals surface area contributed by atoms with Crippen molar-refractivity contribution in [2.45, 2.75) is 13.0 Å². The van der Waals surface area contributed by atoms with Crippen LogP contribution in [-0.2, 0) is 9.53 Å². The van der Waals surface area contributed by atoms with Crippen LogP contribution in [0.4, 0.5) is 0 Å². The molecule has 0 saturated carbocycles. The summed E-state index contributed by atoms with van der Waals surface area (Å²) in [6.45, 7) is 1.47. The third-order valence-corrected chi connectivity index (χ3v) is 3.64. The second kappa shape index (κ2) is 8.73. The first-order valence-electron chi connectivity index (χ1n) is 7.79. The van der Waals surface area contributed by atoms with E-state index in [0.717, 1.165) is 5.56 Å². The van der Waals surface area contributed by atoms with Crippen LogP contribution < -0.4 is 14.8 Å². The fourth-order valence-corrected chi connectivity index (χ4v) is 2.36. The quantitative estimate of drug-likeness (QED) is 0.783. The molecule has 0 aliphatic heterocycles. The lowest BCUT2D eigenvalue weighted by Crippen LogP contribution is -2.31. The zero-order chi connectivity index (χ0) is 18.2. The Bertz CT molecular complexity index is 708. The SMILES string of the molecule is COc1cccc(OC)c1C(=O)OCC(=O)N[C@H](C)c1ccccc1. The highest BCUT2D eigenvalue weighted by atomic mass is 16.5. The van der Waals surface area contributed by atoms with Crippen LogP contribution in [0.25, 0.3) is 0 Å². The molecule has 25 heavy (non-hydrogen) atoms. The van der Waals surface area contributed by atoms with Crippen molar-refractivity contribution in [1.82, 2.24) is 5.32 Å². The molecule has 0 unspecified atom stereocenters. The molecule has 132 valence electrons. The van der Waals surface area contributed by atoms with Gasteiger partial charge in [-0.25, -0.2) is 4.79 Å². The monoisotopic (exact) mass is 343 g/mol. The summed E-state index contributed by atoms with van der Waals surface area (Å²) in [4.78, 5) is 24.3. The molecule has 0 aliphatic rings. The average Bonchev–Trinajstić information content (AvgIpc) is 2.65. The van der Waals surface area contributed by atoms with Crippen molar-refractivity contribution in [2.24, 2.45) is 0 Å². The van der Waals surface area contributed by atoms with Crippen molar-refractivity contribution < 1.29 is 23.8 Å². The molecule has 0 fully saturated rings. The summed E-state index contributed by atoms with van der Waals surface area (Å²) < 4.78 is 15.4. The van der Waals surface area contributed by atoms with Gasteiger partial charge in [-0.2, -0.15) is 0 Å². The van der Waals surface area contributed by atoms with Crippen molar-refractivity contribution in [1.29, 1.82) is 0 Å². The lowest BCUT2D eigenvalue weighted by molar-refractivity contribution is -0.124. The molecule has 0 aliphatic carbocycles. The summed E-state index contributed by atoms with van der Waals surface area (Å²) in [6, 6.07) is 14.3. The van der Waals surface area contributed by atoms with Crippen molar-refractivity contribution >= 4 is 11.9 Å². The molecule has 0 aromatic heterocycles. The van der Waals surface area contributed by atoms with Gasteiger partial charge in [0, 0.05) is 0 Å². The minimum absolute atomic E-state index is 0.149. The normalized spacial score (nSPS) is 11.3. The van der Waals surface area contributed by atoms with Crippen LogP contribution in [0.2, 0.25) is 0 Å². The maximum Gasteiger partial charge on any atom is 0.346 e. The van der Waals surface area contributed by atoms with Gasteiger partial charge in [0.05, 0.1) is 20.3 Å². The predicted molar refractivity (Wildman–Crippen MR) is 92.8 cm³/mol. The highest BCUT2D eigenvalue weighted by Gasteiger charge is 2.21. The van der Waals surface area contributed by atoms with Crippen molar-refractivity contribution in [2.75, 3.05) is 20.8 Å². The third-order valence-electron chi connectivity index (χ3n) is 3.64. The number of nitrogens with one attached hydrogen (secondary N) is 1. The van der Waals surface area contributed by atoms with Crippen LogP contribution >= 0.6 is 0 Å².